The van der Waals surface area contributed by atoms with E-state index in [2.05, 4.69) is 0 Å². The van der Waals surface area contributed by atoms with E-state index in [9.17, 15) is 24.6 Å². The van der Waals surface area contributed by atoms with Gasteiger partial charge in [-0.2, -0.15) is 0 Å². The highest BCUT2D eigenvalue weighted by Gasteiger charge is 2.63. The number of fused-ring (bicyclic) bond motifs is 1. The minimum Gasteiger partial charge on any atom is -0.479 e. The van der Waals surface area contributed by atoms with E-state index in [-0.39, 0.29) is 26.0 Å². The normalized spacial score (nSPS) is 28.4. The lowest BCUT2D eigenvalue weighted by Crippen LogP contribution is -2.60. The average molecular weight is 344 g/mol. The number of benzene rings is 1. The molecule has 0 radical (unpaired) electrons. The van der Waals surface area contributed by atoms with Crippen molar-refractivity contribution >= 4 is 17.8 Å². The first-order chi connectivity index (χ1) is 11.9. The van der Waals surface area contributed by atoms with Crippen molar-refractivity contribution in [1.29, 1.82) is 0 Å². The molecule has 1 aromatic rings. The van der Waals surface area contributed by atoms with Crippen LogP contribution in [0.1, 0.15) is 18.9 Å². The molecule has 0 bridgehead atoms. The lowest BCUT2D eigenvalue weighted by molar-refractivity contribution is -0.171. The molecule has 0 saturated carbocycles. The Balaban J connectivity index is 2.07. The van der Waals surface area contributed by atoms with Crippen LogP contribution in [0.5, 0.6) is 0 Å². The minimum absolute atomic E-state index is 0.0533. The van der Waals surface area contributed by atoms with E-state index in [1.807, 2.05) is 18.2 Å². The Bertz CT molecular complexity index is 747. The van der Waals surface area contributed by atoms with Crippen molar-refractivity contribution in [3.8, 4) is 0 Å². The number of hydrogen-bond acceptors (Lipinski definition) is 4. The summed E-state index contributed by atoms with van der Waals surface area (Å²) in [5.74, 6) is -2.26. The van der Waals surface area contributed by atoms with Gasteiger partial charge in [0.25, 0.3) is 11.8 Å². The van der Waals surface area contributed by atoms with E-state index in [0.29, 0.717) is 0 Å². The van der Waals surface area contributed by atoms with Gasteiger partial charge < -0.3 is 10.2 Å². The second-order valence-corrected chi connectivity index (χ2v) is 6.58. The maximum atomic E-state index is 13.2. The summed E-state index contributed by atoms with van der Waals surface area (Å²) in [7, 11) is 0. The average Bonchev–Trinajstić information content (AvgIpc) is 2.80. The second kappa shape index (κ2) is 6.00. The van der Waals surface area contributed by atoms with Crippen LogP contribution in [0.3, 0.4) is 0 Å². The van der Waals surface area contributed by atoms with Crippen molar-refractivity contribution in [2.24, 2.45) is 5.41 Å². The molecule has 2 aliphatic heterocycles. The van der Waals surface area contributed by atoms with Crippen LogP contribution in [-0.4, -0.2) is 56.7 Å². The first-order valence-electron chi connectivity index (χ1n) is 8.09. The fourth-order valence-electron chi connectivity index (χ4n) is 3.57. The van der Waals surface area contributed by atoms with Crippen LogP contribution in [0.25, 0.3) is 0 Å². The van der Waals surface area contributed by atoms with Gasteiger partial charge in [-0.3, -0.25) is 9.59 Å². The molecule has 2 unspecified atom stereocenters. The van der Waals surface area contributed by atoms with Crippen LogP contribution in [0.15, 0.2) is 42.5 Å². The Morgan fingerprint density at radius 1 is 1.20 bits per heavy atom. The maximum Gasteiger partial charge on any atom is 0.335 e. The van der Waals surface area contributed by atoms with Gasteiger partial charge in [0.1, 0.15) is 5.41 Å². The first kappa shape index (κ1) is 17.2. The smallest absolute Gasteiger partial charge is 0.335 e. The fraction of sp³-hybridized carbons (Fsp3) is 0.389. The highest BCUT2D eigenvalue weighted by Crippen LogP contribution is 2.43. The third kappa shape index (κ3) is 2.42. The number of carbonyl (C=O) groups is 3. The zero-order chi connectivity index (χ0) is 18.2. The molecule has 1 fully saturated rings. The Hall–Kier alpha value is -2.67. The van der Waals surface area contributed by atoms with Gasteiger partial charge in [0.2, 0.25) is 0 Å². The van der Waals surface area contributed by atoms with Crippen LogP contribution >= 0.6 is 0 Å². The summed E-state index contributed by atoms with van der Waals surface area (Å²) in [4.78, 5) is 38.1. The number of carboxylic acids is 1. The number of rotatable bonds is 5. The molecule has 7 heteroatoms. The molecule has 7 nitrogen and oxygen atoms in total. The monoisotopic (exact) mass is 344 g/mol. The standard InChI is InChI=1S/C18H20N2O5/c1-17(16(24)25)8-5-10-19-14(22)18(9-11-21,15(23)20(17)19)12-13-6-3-2-4-7-13/h2-8,21H,9-12H2,1H3,(H,24,25). The summed E-state index contributed by atoms with van der Waals surface area (Å²) in [6.45, 7) is 1.18. The molecule has 2 heterocycles. The van der Waals surface area contributed by atoms with Gasteiger partial charge in [-0.05, 0) is 31.4 Å². The van der Waals surface area contributed by atoms with E-state index in [1.54, 1.807) is 18.2 Å². The number of aliphatic hydroxyl groups is 1. The largest absolute Gasteiger partial charge is 0.479 e. The van der Waals surface area contributed by atoms with Crippen molar-refractivity contribution in [3.05, 3.63) is 48.0 Å². The van der Waals surface area contributed by atoms with Crippen molar-refractivity contribution in [1.82, 2.24) is 10.0 Å². The van der Waals surface area contributed by atoms with Gasteiger partial charge in [0.15, 0.2) is 5.54 Å². The number of nitrogens with zero attached hydrogens (tertiary/aromatic N) is 2. The predicted molar refractivity (Wildman–Crippen MR) is 88.0 cm³/mol. The third-order valence-corrected chi connectivity index (χ3v) is 4.97. The number of aliphatic carboxylic acids is 1. The molecule has 1 aromatic carbocycles. The molecule has 2 atom stereocenters. The topological polar surface area (TPSA) is 98.1 Å². The van der Waals surface area contributed by atoms with Gasteiger partial charge in [-0.25, -0.2) is 14.8 Å². The molecule has 2 amide bonds. The SMILES string of the molecule is CC1(C(=O)O)C=CCN2C(=O)C(CCO)(Cc3ccccc3)C(=O)N21. The molecule has 132 valence electrons. The molecule has 25 heavy (non-hydrogen) atoms. The molecule has 2 N–H and O–H groups in total. The van der Waals surface area contributed by atoms with Crippen molar-refractivity contribution in [2.75, 3.05) is 13.2 Å². The highest BCUT2D eigenvalue weighted by atomic mass is 16.4. The lowest BCUT2D eigenvalue weighted by Gasteiger charge is -2.40. The third-order valence-electron chi connectivity index (χ3n) is 4.97. The molecule has 0 spiro atoms. The van der Waals surface area contributed by atoms with Crippen molar-refractivity contribution in [3.63, 3.8) is 0 Å². The lowest BCUT2D eigenvalue weighted by atomic mass is 9.77. The maximum absolute atomic E-state index is 13.2. The molecule has 2 aliphatic rings. The Morgan fingerprint density at radius 3 is 2.48 bits per heavy atom. The predicted octanol–water partition coefficient (Wildman–Crippen LogP) is 0.597. The summed E-state index contributed by atoms with van der Waals surface area (Å²) in [5, 5.41) is 21.3. The summed E-state index contributed by atoms with van der Waals surface area (Å²) in [5.41, 5.74) is -2.33. The van der Waals surface area contributed by atoms with Gasteiger partial charge in [0.05, 0.1) is 6.54 Å². The van der Waals surface area contributed by atoms with Crippen LogP contribution < -0.4 is 0 Å². The van der Waals surface area contributed by atoms with Gasteiger partial charge in [-0.1, -0.05) is 36.4 Å². The van der Waals surface area contributed by atoms with Crippen LogP contribution in [0, 0.1) is 5.41 Å². The van der Waals surface area contributed by atoms with E-state index in [1.165, 1.54) is 18.0 Å². The molecule has 0 aliphatic carbocycles. The van der Waals surface area contributed by atoms with Crippen LogP contribution in [0.4, 0.5) is 0 Å². The summed E-state index contributed by atoms with van der Waals surface area (Å²) >= 11 is 0. The second-order valence-electron chi connectivity index (χ2n) is 6.58. The Kier molecular flexibility index (Phi) is 4.12. The zero-order valence-electron chi connectivity index (χ0n) is 13.9. The quantitative estimate of drug-likeness (QED) is 0.602. The fourth-order valence-corrected chi connectivity index (χ4v) is 3.57. The summed E-state index contributed by atoms with van der Waals surface area (Å²) in [6.07, 6.45) is 3.07. The van der Waals surface area contributed by atoms with Gasteiger partial charge >= 0.3 is 5.97 Å². The zero-order valence-corrected chi connectivity index (χ0v) is 13.9. The van der Waals surface area contributed by atoms with Gasteiger partial charge in [0, 0.05) is 6.61 Å². The molecular formula is C18H20N2O5. The minimum atomic E-state index is -1.63. The Labute approximate surface area is 145 Å². The molecule has 1 saturated heterocycles. The van der Waals surface area contributed by atoms with E-state index < -0.39 is 28.7 Å². The Morgan fingerprint density at radius 2 is 1.88 bits per heavy atom. The number of amides is 2. The van der Waals surface area contributed by atoms with E-state index >= 15 is 0 Å². The van der Waals surface area contributed by atoms with Crippen molar-refractivity contribution < 1.29 is 24.6 Å². The van der Waals surface area contributed by atoms with Crippen LogP contribution in [0.2, 0.25) is 0 Å². The summed E-state index contributed by atoms with van der Waals surface area (Å²) < 4.78 is 0. The molecular weight excluding hydrogens is 324 g/mol. The number of carboxylic acid groups (broad SMARTS) is 1. The molecule has 0 aromatic heterocycles. The number of carbonyl (C=O) groups excluding carboxylic acids is 2. The van der Waals surface area contributed by atoms with Crippen molar-refractivity contribution in [2.45, 2.75) is 25.3 Å². The van der Waals surface area contributed by atoms with E-state index in [4.69, 9.17) is 0 Å². The van der Waals surface area contributed by atoms with Gasteiger partial charge in [-0.15, -0.1) is 0 Å². The van der Waals surface area contributed by atoms with E-state index in [0.717, 1.165) is 10.6 Å². The number of aliphatic hydroxyl groups excluding tert-OH is 1. The number of hydrogen-bond donors (Lipinski definition) is 2. The summed E-state index contributed by atoms with van der Waals surface area (Å²) in [6, 6.07) is 9.06. The first-order valence-corrected chi connectivity index (χ1v) is 8.09. The van der Waals surface area contributed by atoms with Crippen LogP contribution in [-0.2, 0) is 20.8 Å². The molecule has 3 rings (SSSR count). The highest BCUT2D eigenvalue weighted by molar-refractivity contribution is 6.12. The number of hydrazine groups is 1.